The maximum absolute atomic E-state index is 13.7. The van der Waals surface area contributed by atoms with Gasteiger partial charge < -0.3 is 9.42 Å². The number of likely N-dealkylation sites (tertiary alicyclic amines) is 1. The van der Waals surface area contributed by atoms with E-state index in [1.807, 2.05) is 0 Å². The average molecular weight is 342 g/mol. The molecule has 2 heterocycles. The summed E-state index contributed by atoms with van der Waals surface area (Å²) in [5, 5.41) is 4.23. The van der Waals surface area contributed by atoms with Gasteiger partial charge in [-0.15, -0.1) is 0 Å². The van der Waals surface area contributed by atoms with E-state index in [1.54, 1.807) is 0 Å². The monoisotopic (exact) mass is 342 g/mol. The predicted molar refractivity (Wildman–Crippen MR) is 94.9 cm³/mol. The van der Waals surface area contributed by atoms with Crippen LogP contribution in [0.25, 0.3) is 0 Å². The van der Waals surface area contributed by atoms with Crippen molar-refractivity contribution >= 4 is 5.91 Å². The molecule has 4 bridgehead atoms. The van der Waals surface area contributed by atoms with Crippen molar-refractivity contribution < 1.29 is 9.32 Å². The summed E-state index contributed by atoms with van der Waals surface area (Å²) in [6.07, 6.45) is 9.70. The number of hydrogen-bond acceptors (Lipinski definition) is 3. The lowest BCUT2D eigenvalue weighted by molar-refractivity contribution is -0.159. The molecular weight excluding hydrogens is 312 g/mol. The Morgan fingerprint density at radius 2 is 1.84 bits per heavy atom. The first-order valence-electron chi connectivity index (χ1n) is 10.3. The van der Waals surface area contributed by atoms with Gasteiger partial charge >= 0.3 is 0 Å². The van der Waals surface area contributed by atoms with Gasteiger partial charge in [0.05, 0.1) is 17.2 Å². The summed E-state index contributed by atoms with van der Waals surface area (Å²) in [5.74, 6) is 4.15. The zero-order valence-corrected chi connectivity index (χ0v) is 15.5. The van der Waals surface area contributed by atoms with Gasteiger partial charge in [0.15, 0.2) is 5.76 Å². The van der Waals surface area contributed by atoms with Crippen LogP contribution >= 0.6 is 0 Å². The first-order chi connectivity index (χ1) is 12.0. The van der Waals surface area contributed by atoms with Crippen LogP contribution in [0.4, 0.5) is 0 Å². The Kier molecular flexibility index (Phi) is 3.55. The average Bonchev–Trinajstić information content (AvgIpc) is 3.22. The quantitative estimate of drug-likeness (QED) is 0.801. The highest BCUT2D eigenvalue weighted by atomic mass is 16.5. The van der Waals surface area contributed by atoms with Crippen LogP contribution in [0.3, 0.4) is 0 Å². The number of carbonyl (C=O) groups excluding carboxylic acids is 1. The molecule has 1 unspecified atom stereocenters. The van der Waals surface area contributed by atoms with Gasteiger partial charge in [0.25, 0.3) is 0 Å². The highest BCUT2D eigenvalue weighted by molar-refractivity contribution is 5.84. The van der Waals surface area contributed by atoms with Gasteiger partial charge in [-0.25, -0.2) is 0 Å². The van der Waals surface area contributed by atoms with Gasteiger partial charge in [0.1, 0.15) is 0 Å². The molecular formula is C21H30N2O2. The van der Waals surface area contributed by atoms with E-state index in [-0.39, 0.29) is 11.5 Å². The van der Waals surface area contributed by atoms with Crippen LogP contribution in [0.5, 0.6) is 0 Å². The van der Waals surface area contributed by atoms with Gasteiger partial charge in [0, 0.05) is 12.6 Å². The molecule has 5 aliphatic rings. The normalized spacial score (nSPS) is 39.6. The first-order valence-corrected chi connectivity index (χ1v) is 10.3. The van der Waals surface area contributed by atoms with E-state index >= 15 is 0 Å². The molecule has 0 radical (unpaired) electrons. The maximum Gasteiger partial charge on any atom is 0.229 e. The molecule has 4 aliphatic carbocycles. The first kappa shape index (κ1) is 15.9. The van der Waals surface area contributed by atoms with Crippen molar-refractivity contribution in [1.29, 1.82) is 0 Å². The van der Waals surface area contributed by atoms with Crippen molar-refractivity contribution in [3.05, 3.63) is 17.5 Å². The number of hydrogen-bond donors (Lipinski definition) is 0. The fourth-order valence-corrected chi connectivity index (χ4v) is 6.72. The van der Waals surface area contributed by atoms with Crippen LogP contribution in [0.15, 0.2) is 10.6 Å². The Morgan fingerprint density at radius 3 is 2.40 bits per heavy atom. The van der Waals surface area contributed by atoms with Gasteiger partial charge in [0.2, 0.25) is 5.91 Å². The molecule has 0 aromatic carbocycles. The summed E-state index contributed by atoms with van der Waals surface area (Å²) in [6.45, 7) is 5.16. The number of aromatic nitrogens is 1. The SMILES string of the molecule is CC(C)c1cc(C2CCCN2C(=O)C23CC4CC(CC(C4)C2)C3)on1. The number of nitrogens with zero attached hydrogens (tertiary/aromatic N) is 2. The molecule has 1 aliphatic heterocycles. The standard InChI is InChI=1S/C21H30N2O2/c1-13(2)17-9-19(25-22-17)18-4-3-5-23(18)20(24)21-10-14-6-15(11-21)8-16(7-14)12-21/h9,13-16,18H,3-8,10-12H2,1-2H3. The predicted octanol–water partition coefficient (Wildman–Crippen LogP) is 4.68. The summed E-state index contributed by atoms with van der Waals surface area (Å²) in [4.78, 5) is 15.9. The van der Waals surface area contributed by atoms with Crippen LogP contribution < -0.4 is 0 Å². The van der Waals surface area contributed by atoms with Crippen LogP contribution in [-0.2, 0) is 4.79 Å². The minimum Gasteiger partial charge on any atom is -0.359 e. The van der Waals surface area contributed by atoms with Crippen LogP contribution in [0.2, 0.25) is 0 Å². The largest absolute Gasteiger partial charge is 0.359 e. The molecule has 1 aromatic rings. The molecule has 25 heavy (non-hydrogen) atoms. The summed E-state index contributed by atoms with van der Waals surface area (Å²) in [5.41, 5.74) is 0.960. The minimum absolute atomic E-state index is 0.0434. The van der Waals surface area contributed by atoms with Crippen LogP contribution in [-0.4, -0.2) is 22.5 Å². The highest BCUT2D eigenvalue weighted by Crippen LogP contribution is 2.61. The summed E-state index contributed by atoms with van der Waals surface area (Å²) in [6, 6.07) is 2.20. The third-order valence-electron chi connectivity index (χ3n) is 7.47. The van der Waals surface area contributed by atoms with Crippen LogP contribution in [0.1, 0.15) is 88.6 Å². The van der Waals surface area contributed by atoms with E-state index in [1.165, 1.54) is 19.3 Å². The van der Waals surface area contributed by atoms with Crippen molar-refractivity contribution in [2.45, 2.75) is 77.2 Å². The van der Waals surface area contributed by atoms with Gasteiger partial charge in [-0.05, 0) is 75.0 Å². The molecule has 1 saturated heterocycles. The molecule has 1 amide bonds. The summed E-state index contributed by atoms with van der Waals surface area (Å²) < 4.78 is 5.67. The molecule has 6 rings (SSSR count). The molecule has 1 atom stereocenters. The number of rotatable bonds is 3. The van der Waals surface area contributed by atoms with E-state index in [0.717, 1.165) is 67.9 Å². The Hall–Kier alpha value is -1.32. The zero-order valence-electron chi connectivity index (χ0n) is 15.5. The molecule has 5 fully saturated rings. The molecule has 4 saturated carbocycles. The Morgan fingerprint density at radius 1 is 1.20 bits per heavy atom. The van der Waals surface area contributed by atoms with Crippen molar-refractivity contribution in [3.8, 4) is 0 Å². The van der Waals surface area contributed by atoms with Crippen LogP contribution in [0, 0.1) is 23.2 Å². The van der Waals surface area contributed by atoms with E-state index in [4.69, 9.17) is 4.52 Å². The van der Waals surface area contributed by atoms with Crippen molar-refractivity contribution in [2.24, 2.45) is 23.2 Å². The second-order valence-corrected chi connectivity index (χ2v) is 9.66. The lowest BCUT2D eigenvalue weighted by atomic mass is 9.49. The van der Waals surface area contributed by atoms with Gasteiger partial charge in [-0.1, -0.05) is 19.0 Å². The highest BCUT2D eigenvalue weighted by Gasteiger charge is 2.56. The third-order valence-corrected chi connectivity index (χ3v) is 7.47. The van der Waals surface area contributed by atoms with E-state index in [2.05, 4.69) is 30.0 Å². The smallest absolute Gasteiger partial charge is 0.229 e. The molecule has 0 N–H and O–H groups in total. The van der Waals surface area contributed by atoms with Crippen molar-refractivity contribution in [3.63, 3.8) is 0 Å². The van der Waals surface area contributed by atoms with Crippen molar-refractivity contribution in [1.82, 2.24) is 10.1 Å². The third kappa shape index (κ3) is 2.47. The van der Waals surface area contributed by atoms with Crippen molar-refractivity contribution in [2.75, 3.05) is 6.54 Å². The minimum atomic E-state index is -0.0434. The second-order valence-electron chi connectivity index (χ2n) is 9.66. The molecule has 136 valence electrons. The van der Waals surface area contributed by atoms with E-state index < -0.39 is 0 Å². The Labute approximate surface area is 150 Å². The van der Waals surface area contributed by atoms with Gasteiger partial charge in [-0.3, -0.25) is 4.79 Å². The molecule has 4 heteroatoms. The lowest BCUT2D eigenvalue weighted by Crippen LogP contribution is -2.54. The Balaban J connectivity index is 1.41. The number of carbonyl (C=O) groups is 1. The topological polar surface area (TPSA) is 46.3 Å². The second kappa shape index (κ2) is 5.59. The fourth-order valence-electron chi connectivity index (χ4n) is 6.72. The summed E-state index contributed by atoms with van der Waals surface area (Å²) >= 11 is 0. The lowest BCUT2D eigenvalue weighted by Gasteiger charge is -2.56. The Bertz CT molecular complexity index is 642. The van der Waals surface area contributed by atoms with E-state index in [9.17, 15) is 4.79 Å². The molecule has 4 nitrogen and oxygen atoms in total. The fraction of sp³-hybridized carbons (Fsp3) is 0.810. The van der Waals surface area contributed by atoms with E-state index in [0.29, 0.717) is 11.8 Å². The maximum atomic E-state index is 13.7. The molecule has 1 aromatic heterocycles. The molecule has 0 spiro atoms. The number of amides is 1. The summed E-state index contributed by atoms with van der Waals surface area (Å²) in [7, 11) is 0. The zero-order chi connectivity index (χ0) is 17.2. The van der Waals surface area contributed by atoms with Gasteiger partial charge in [-0.2, -0.15) is 0 Å².